The first kappa shape index (κ1) is 13.2. The zero-order chi connectivity index (χ0) is 13.9. The van der Waals surface area contributed by atoms with E-state index in [-0.39, 0.29) is 11.2 Å². The molecule has 0 spiro atoms. The summed E-state index contributed by atoms with van der Waals surface area (Å²) in [7, 11) is 0. The summed E-state index contributed by atoms with van der Waals surface area (Å²) in [6.07, 6.45) is 3.81. The molecule has 1 N–H and O–H groups in total. The molecule has 3 rings (SSSR count). The normalized spacial score (nSPS) is 16.1. The van der Waals surface area contributed by atoms with Gasteiger partial charge in [0.05, 0.1) is 18.1 Å². The van der Waals surface area contributed by atoms with E-state index in [4.69, 9.17) is 8.83 Å². The van der Waals surface area contributed by atoms with Crippen LogP contribution in [0.5, 0.6) is 0 Å². The fourth-order valence-corrected chi connectivity index (χ4v) is 2.41. The number of carbonyl (C=O) groups is 1. The Morgan fingerprint density at radius 2 is 2.40 bits per heavy atom. The molecule has 1 saturated carbocycles. The zero-order valence-electron chi connectivity index (χ0n) is 11.0. The summed E-state index contributed by atoms with van der Waals surface area (Å²) >= 11 is 1.27. The SMILES string of the molecule is C[C@H](Sc1nnc(C2CC2)o1)C(=O)NCc1ccco1. The second kappa shape index (κ2) is 5.70. The van der Waals surface area contributed by atoms with Crippen molar-refractivity contribution in [3.63, 3.8) is 0 Å². The number of hydrogen-bond donors (Lipinski definition) is 1. The minimum atomic E-state index is -0.294. The fourth-order valence-electron chi connectivity index (χ4n) is 1.70. The van der Waals surface area contributed by atoms with Crippen molar-refractivity contribution in [2.75, 3.05) is 0 Å². The number of hydrogen-bond acceptors (Lipinski definition) is 6. The van der Waals surface area contributed by atoms with E-state index in [1.54, 1.807) is 12.3 Å². The summed E-state index contributed by atoms with van der Waals surface area (Å²) < 4.78 is 10.7. The van der Waals surface area contributed by atoms with Crippen LogP contribution in [0.4, 0.5) is 0 Å². The highest BCUT2D eigenvalue weighted by molar-refractivity contribution is 8.00. The molecule has 1 fully saturated rings. The van der Waals surface area contributed by atoms with Crippen LogP contribution in [-0.2, 0) is 11.3 Å². The van der Waals surface area contributed by atoms with E-state index in [9.17, 15) is 4.79 Å². The van der Waals surface area contributed by atoms with Crippen LogP contribution in [0, 0.1) is 0 Å². The topological polar surface area (TPSA) is 81.2 Å². The van der Waals surface area contributed by atoms with Crippen LogP contribution in [-0.4, -0.2) is 21.4 Å². The molecule has 1 atom stereocenters. The number of amides is 1. The minimum absolute atomic E-state index is 0.0856. The molecule has 2 aromatic heterocycles. The highest BCUT2D eigenvalue weighted by atomic mass is 32.2. The third-order valence-electron chi connectivity index (χ3n) is 3.01. The van der Waals surface area contributed by atoms with Gasteiger partial charge in [0.15, 0.2) is 0 Å². The van der Waals surface area contributed by atoms with Crippen molar-refractivity contribution in [2.45, 2.75) is 42.7 Å². The number of rotatable bonds is 6. The van der Waals surface area contributed by atoms with Crippen molar-refractivity contribution in [2.24, 2.45) is 0 Å². The van der Waals surface area contributed by atoms with Crippen LogP contribution in [0.3, 0.4) is 0 Å². The van der Waals surface area contributed by atoms with Crippen LogP contribution < -0.4 is 5.32 Å². The Labute approximate surface area is 120 Å². The Kier molecular flexibility index (Phi) is 3.77. The van der Waals surface area contributed by atoms with Crippen LogP contribution in [0.2, 0.25) is 0 Å². The van der Waals surface area contributed by atoms with Gasteiger partial charge in [0.25, 0.3) is 5.22 Å². The number of aromatic nitrogens is 2. The number of nitrogens with zero attached hydrogens (tertiary/aromatic N) is 2. The molecule has 0 saturated heterocycles. The third-order valence-corrected chi connectivity index (χ3v) is 3.95. The second-order valence-electron chi connectivity index (χ2n) is 4.74. The quantitative estimate of drug-likeness (QED) is 0.823. The molecule has 0 bridgehead atoms. The molecule has 20 heavy (non-hydrogen) atoms. The molecular formula is C13H15N3O3S. The van der Waals surface area contributed by atoms with E-state index in [0.29, 0.717) is 23.6 Å². The van der Waals surface area contributed by atoms with E-state index < -0.39 is 0 Å². The summed E-state index contributed by atoms with van der Waals surface area (Å²) in [5, 5.41) is 10.9. The van der Waals surface area contributed by atoms with E-state index in [1.807, 2.05) is 13.0 Å². The zero-order valence-corrected chi connectivity index (χ0v) is 11.9. The predicted molar refractivity (Wildman–Crippen MR) is 72.1 cm³/mol. The van der Waals surface area contributed by atoms with Crippen LogP contribution in [0.25, 0.3) is 0 Å². The average Bonchev–Trinajstić information content (AvgIpc) is 2.98. The molecule has 7 heteroatoms. The van der Waals surface area contributed by atoms with E-state index in [1.165, 1.54) is 11.8 Å². The molecule has 0 radical (unpaired) electrons. The lowest BCUT2D eigenvalue weighted by molar-refractivity contribution is -0.120. The number of thioether (sulfide) groups is 1. The Morgan fingerprint density at radius 3 is 3.10 bits per heavy atom. The maximum atomic E-state index is 11.9. The summed E-state index contributed by atoms with van der Waals surface area (Å²) in [5.74, 6) is 1.76. The van der Waals surface area contributed by atoms with Crippen molar-refractivity contribution in [1.82, 2.24) is 15.5 Å². The molecule has 6 nitrogen and oxygen atoms in total. The molecule has 1 aliphatic rings. The van der Waals surface area contributed by atoms with Gasteiger partial charge in [-0.05, 0) is 31.9 Å². The minimum Gasteiger partial charge on any atom is -0.467 e. The van der Waals surface area contributed by atoms with Crippen LogP contribution in [0.1, 0.15) is 37.3 Å². The monoisotopic (exact) mass is 293 g/mol. The summed E-state index contributed by atoms with van der Waals surface area (Å²) in [6, 6.07) is 3.61. The molecular weight excluding hydrogens is 278 g/mol. The van der Waals surface area contributed by atoms with Gasteiger partial charge in [0.1, 0.15) is 5.76 Å². The van der Waals surface area contributed by atoms with Crippen LogP contribution in [0.15, 0.2) is 32.5 Å². The lowest BCUT2D eigenvalue weighted by atomic mass is 10.4. The van der Waals surface area contributed by atoms with Gasteiger partial charge in [-0.15, -0.1) is 10.2 Å². The smallest absolute Gasteiger partial charge is 0.277 e. The Bertz CT molecular complexity index is 577. The summed E-state index contributed by atoms with van der Waals surface area (Å²) in [6.45, 7) is 2.19. The van der Waals surface area contributed by atoms with E-state index in [2.05, 4.69) is 15.5 Å². The summed E-state index contributed by atoms with van der Waals surface area (Å²) in [4.78, 5) is 11.9. The van der Waals surface area contributed by atoms with Gasteiger partial charge < -0.3 is 14.2 Å². The Morgan fingerprint density at radius 1 is 1.55 bits per heavy atom. The third kappa shape index (κ3) is 3.22. The first-order chi connectivity index (χ1) is 9.72. The predicted octanol–water partition coefficient (Wildman–Crippen LogP) is 2.34. The number of carbonyl (C=O) groups excluding carboxylic acids is 1. The lowest BCUT2D eigenvalue weighted by Crippen LogP contribution is -2.30. The highest BCUT2D eigenvalue weighted by Crippen LogP contribution is 2.40. The Hall–Kier alpha value is -1.76. The van der Waals surface area contributed by atoms with Gasteiger partial charge in [-0.1, -0.05) is 11.8 Å². The fraction of sp³-hybridized carbons (Fsp3) is 0.462. The van der Waals surface area contributed by atoms with Crippen molar-refractivity contribution < 1.29 is 13.6 Å². The largest absolute Gasteiger partial charge is 0.467 e. The van der Waals surface area contributed by atoms with Crippen LogP contribution >= 0.6 is 11.8 Å². The van der Waals surface area contributed by atoms with Crippen molar-refractivity contribution in [1.29, 1.82) is 0 Å². The average molecular weight is 293 g/mol. The molecule has 1 amide bonds. The standard InChI is InChI=1S/C13H15N3O3S/c1-8(11(17)14-7-10-3-2-6-18-10)20-13-16-15-12(19-13)9-4-5-9/h2-3,6,8-9H,4-5,7H2,1H3,(H,14,17)/t8-/m0/s1. The second-order valence-corrected chi connectivity index (χ2v) is 6.03. The van der Waals surface area contributed by atoms with Gasteiger partial charge in [0, 0.05) is 5.92 Å². The first-order valence-corrected chi connectivity index (χ1v) is 7.40. The molecule has 2 aromatic rings. The van der Waals surface area contributed by atoms with Gasteiger partial charge >= 0.3 is 0 Å². The molecule has 106 valence electrons. The lowest BCUT2D eigenvalue weighted by Gasteiger charge is -2.08. The van der Waals surface area contributed by atoms with Crippen molar-refractivity contribution in [3.8, 4) is 0 Å². The van der Waals surface area contributed by atoms with E-state index >= 15 is 0 Å². The molecule has 2 heterocycles. The van der Waals surface area contributed by atoms with Gasteiger partial charge in [-0.2, -0.15) is 0 Å². The van der Waals surface area contributed by atoms with Crippen molar-refractivity contribution in [3.05, 3.63) is 30.0 Å². The summed E-state index contributed by atoms with van der Waals surface area (Å²) in [5.41, 5.74) is 0. The number of nitrogens with one attached hydrogen (secondary N) is 1. The molecule has 0 unspecified atom stereocenters. The van der Waals surface area contributed by atoms with E-state index in [0.717, 1.165) is 18.6 Å². The van der Waals surface area contributed by atoms with Gasteiger partial charge in [-0.25, -0.2) is 0 Å². The number of furan rings is 1. The maximum Gasteiger partial charge on any atom is 0.277 e. The highest BCUT2D eigenvalue weighted by Gasteiger charge is 2.30. The molecule has 0 aromatic carbocycles. The maximum absolute atomic E-state index is 11.9. The molecule has 0 aliphatic heterocycles. The van der Waals surface area contributed by atoms with Crippen molar-refractivity contribution >= 4 is 17.7 Å². The Balaban J connectivity index is 1.49. The van der Waals surface area contributed by atoms with Gasteiger partial charge in [-0.3, -0.25) is 4.79 Å². The first-order valence-electron chi connectivity index (χ1n) is 6.52. The molecule has 1 aliphatic carbocycles. The van der Waals surface area contributed by atoms with Gasteiger partial charge in [0.2, 0.25) is 11.8 Å².